The summed E-state index contributed by atoms with van der Waals surface area (Å²) in [6.07, 6.45) is 3.68. The van der Waals surface area contributed by atoms with Gasteiger partial charge in [0.2, 0.25) is 0 Å². The lowest BCUT2D eigenvalue weighted by molar-refractivity contribution is 0.177. The minimum absolute atomic E-state index is 0.160. The van der Waals surface area contributed by atoms with E-state index in [4.69, 9.17) is 5.11 Å². The van der Waals surface area contributed by atoms with E-state index in [0.717, 1.165) is 12.8 Å². The van der Waals surface area contributed by atoms with Crippen LogP contribution < -0.4 is 0 Å². The Labute approximate surface area is 57.4 Å². The maximum Gasteiger partial charge on any atom is 0.0512 e. The van der Waals surface area contributed by atoms with Crippen molar-refractivity contribution in [2.24, 2.45) is 5.92 Å². The Balaban J connectivity index is 3.16. The zero-order chi connectivity index (χ0) is 7.28. The summed E-state index contributed by atoms with van der Waals surface area (Å²) in [6, 6.07) is 0. The van der Waals surface area contributed by atoms with Gasteiger partial charge in [0, 0.05) is 0 Å². The van der Waals surface area contributed by atoms with Crippen molar-refractivity contribution in [1.82, 2.24) is 0 Å². The highest BCUT2D eigenvalue weighted by molar-refractivity contribution is 4.74. The van der Waals surface area contributed by atoms with Crippen LogP contribution in [0, 0.1) is 5.92 Å². The lowest BCUT2D eigenvalue weighted by Crippen LogP contribution is -2.01. The monoisotopic (exact) mass is 128 g/mol. The van der Waals surface area contributed by atoms with Crippen LogP contribution in [0.15, 0.2) is 12.7 Å². The molecule has 0 spiro atoms. The summed E-state index contributed by atoms with van der Waals surface area (Å²) in [6.45, 7) is 7.58. The summed E-state index contributed by atoms with van der Waals surface area (Å²) in [7, 11) is 0. The summed E-state index contributed by atoms with van der Waals surface area (Å²) in [5.74, 6) is 0.541. The molecule has 0 heterocycles. The number of aliphatic hydroxyl groups is 1. The van der Waals surface area contributed by atoms with Crippen LogP contribution in [0.1, 0.15) is 26.7 Å². The van der Waals surface area contributed by atoms with E-state index in [1.807, 2.05) is 13.0 Å². The molecule has 0 saturated carbocycles. The number of hydrogen-bond donors (Lipinski definition) is 1. The van der Waals surface area contributed by atoms with Gasteiger partial charge in [-0.15, -0.1) is 6.58 Å². The summed E-state index contributed by atoms with van der Waals surface area (Å²) in [5.41, 5.74) is 0. The Morgan fingerprint density at radius 1 is 1.44 bits per heavy atom. The second-order valence-corrected chi connectivity index (χ2v) is 2.64. The third kappa shape index (κ3) is 5.57. The summed E-state index contributed by atoms with van der Waals surface area (Å²) in [4.78, 5) is 0. The molecule has 1 N–H and O–H groups in total. The molecule has 1 nitrogen and oxygen atoms in total. The van der Waals surface area contributed by atoms with Crippen LogP contribution in [-0.4, -0.2) is 11.2 Å². The van der Waals surface area contributed by atoms with Crippen molar-refractivity contribution in [2.45, 2.75) is 32.8 Å². The third-order valence-electron chi connectivity index (χ3n) is 1.44. The SMILES string of the molecule is C=C[C@@H](C)CC[C@@H](C)O. The number of aliphatic hydroxyl groups excluding tert-OH is 1. The topological polar surface area (TPSA) is 20.2 Å². The lowest BCUT2D eigenvalue weighted by atomic mass is 10.0. The average molecular weight is 128 g/mol. The van der Waals surface area contributed by atoms with Gasteiger partial charge < -0.3 is 5.11 Å². The van der Waals surface area contributed by atoms with E-state index in [9.17, 15) is 0 Å². The van der Waals surface area contributed by atoms with Gasteiger partial charge in [0.1, 0.15) is 0 Å². The first-order valence-electron chi connectivity index (χ1n) is 3.47. The van der Waals surface area contributed by atoms with Crippen LogP contribution in [0.25, 0.3) is 0 Å². The standard InChI is InChI=1S/C8H16O/c1-4-7(2)5-6-8(3)9/h4,7-9H,1,5-6H2,2-3H3/t7-,8-/m1/s1. The van der Waals surface area contributed by atoms with E-state index < -0.39 is 0 Å². The van der Waals surface area contributed by atoms with Gasteiger partial charge in [0.05, 0.1) is 6.10 Å². The molecule has 0 aliphatic carbocycles. The molecule has 0 saturated heterocycles. The van der Waals surface area contributed by atoms with E-state index in [0.29, 0.717) is 5.92 Å². The molecule has 0 aliphatic rings. The van der Waals surface area contributed by atoms with E-state index in [2.05, 4.69) is 13.5 Å². The first-order chi connectivity index (χ1) is 4.16. The molecule has 0 unspecified atom stereocenters. The van der Waals surface area contributed by atoms with Crippen LogP contribution in [0.5, 0.6) is 0 Å². The Kier molecular flexibility index (Phi) is 4.41. The minimum atomic E-state index is -0.160. The van der Waals surface area contributed by atoms with Crippen molar-refractivity contribution >= 4 is 0 Å². The zero-order valence-electron chi connectivity index (χ0n) is 6.30. The maximum atomic E-state index is 8.86. The second kappa shape index (κ2) is 4.57. The highest BCUT2D eigenvalue weighted by atomic mass is 16.3. The van der Waals surface area contributed by atoms with Crippen molar-refractivity contribution in [3.63, 3.8) is 0 Å². The van der Waals surface area contributed by atoms with Gasteiger partial charge in [0.15, 0.2) is 0 Å². The average Bonchev–Trinajstić information content (AvgIpc) is 1.83. The molecular formula is C8H16O. The molecule has 0 amide bonds. The largest absolute Gasteiger partial charge is 0.393 e. The Hall–Kier alpha value is -0.300. The summed E-state index contributed by atoms with van der Waals surface area (Å²) >= 11 is 0. The van der Waals surface area contributed by atoms with Crippen LogP contribution in [0.3, 0.4) is 0 Å². The first kappa shape index (κ1) is 8.70. The molecule has 0 bridgehead atoms. The molecule has 54 valence electrons. The van der Waals surface area contributed by atoms with E-state index in [-0.39, 0.29) is 6.10 Å². The van der Waals surface area contributed by atoms with Crippen molar-refractivity contribution in [2.75, 3.05) is 0 Å². The molecule has 0 aromatic heterocycles. The van der Waals surface area contributed by atoms with Crippen LogP contribution >= 0.6 is 0 Å². The van der Waals surface area contributed by atoms with Crippen LogP contribution in [0.4, 0.5) is 0 Å². The number of rotatable bonds is 4. The summed E-state index contributed by atoms with van der Waals surface area (Å²) < 4.78 is 0. The molecule has 0 aromatic carbocycles. The highest BCUT2D eigenvalue weighted by Crippen LogP contribution is 2.07. The predicted octanol–water partition coefficient (Wildman–Crippen LogP) is 1.97. The fourth-order valence-corrected chi connectivity index (χ4v) is 0.622. The maximum absolute atomic E-state index is 8.86. The van der Waals surface area contributed by atoms with Crippen LogP contribution in [0.2, 0.25) is 0 Å². The van der Waals surface area contributed by atoms with Gasteiger partial charge in [-0.25, -0.2) is 0 Å². The van der Waals surface area contributed by atoms with Crippen molar-refractivity contribution in [3.05, 3.63) is 12.7 Å². The quantitative estimate of drug-likeness (QED) is 0.574. The number of allylic oxidation sites excluding steroid dienone is 1. The molecule has 2 atom stereocenters. The molecule has 0 radical (unpaired) electrons. The highest BCUT2D eigenvalue weighted by Gasteiger charge is 1.98. The molecule has 0 aliphatic heterocycles. The van der Waals surface area contributed by atoms with Crippen molar-refractivity contribution in [3.8, 4) is 0 Å². The predicted molar refractivity (Wildman–Crippen MR) is 40.3 cm³/mol. The van der Waals surface area contributed by atoms with Crippen molar-refractivity contribution < 1.29 is 5.11 Å². The van der Waals surface area contributed by atoms with Gasteiger partial charge in [0.25, 0.3) is 0 Å². The Bertz CT molecular complexity index is 76.6. The van der Waals surface area contributed by atoms with Gasteiger partial charge >= 0.3 is 0 Å². The van der Waals surface area contributed by atoms with Gasteiger partial charge in [-0.1, -0.05) is 13.0 Å². The van der Waals surface area contributed by atoms with Crippen LogP contribution in [-0.2, 0) is 0 Å². The van der Waals surface area contributed by atoms with Gasteiger partial charge in [-0.3, -0.25) is 0 Å². The fraction of sp³-hybridized carbons (Fsp3) is 0.750. The Morgan fingerprint density at radius 2 is 2.00 bits per heavy atom. The van der Waals surface area contributed by atoms with E-state index in [1.54, 1.807) is 0 Å². The van der Waals surface area contributed by atoms with Crippen molar-refractivity contribution in [1.29, 1.82) is 0 Å². The van der Waals surface area contributed by atoms with E-state index >= 15 is 0 Å². The normalized spacial score (nSPS) is 16.8. The molecule has 0 fully saturated rings. The summed E-state index contributed by atoms with van der Waals surface area (Å²) in [5, 5.41) is 8.86. The zero-order valence-corrected chi connectivity index (χ0v) is 6.30. The fourth-order valence-electron chi connectivity index (χ4n) is 0.622. The number of hydrogen-bond acceptors (Lipinski definition) is 1. The molecular weight excluding hydrogens is 112 g/mol. The molecule has 1 heteroatoms. The van der Waals surface area contributed by atoms with Gasteiger partial charge in [-0.2, -0.15) is 0 Å². The molecule has 0 aromatic rings. The third-order valence-corrected chi connectivity index (χ3v) is 1.44. The lowest BCUT2D eigenvalue weighted by Gasteiger charge is -2.06. The smallest absolute Gasteiger partial charge is 0.0512 e. The van der Waals surface area contributed by atoms with Gasteiger partial charge in [-0.05, 0) is 25.7 Å². The minimum Gasteiger partial charge on any atom is -0.393 e. The molecule has 0 rings (SSSR count). The van der Waals surface area contributed by atoms with E-state index in [1.165, 1.54) is 0 Å². The first-order valence-corrected chi connectivity index (χ1v) is 3.47. The Morgan fingerprint density at radius 3 is 2.33 bits per heavy atom. The second-order valence-electron chi connectivity index (χ2n) is 2.64. The molecule has 9 heavy (non-hydrogen) atoms.